The largest absolute Gasteiger partial charge is 0.444 e. The van der Waals surface area contributed by atoms with Crippen LogP contribution in [0.15, 0.2) is 30.3 Å². The third kappa shape index (κ3) is 8.60. The summed E-state index contributed by atoms with van der Waals surface area (Å²) in [6, 6.07) is 10.7. The van der Waals surface area contributed by atoms with Crippen LogP contribution >= 0.6 is 0 Å². The van der Waals surface area contributed by atoms with E-state index in [9.17, 15) is 4.79 Å². The lowest BCUT2D eigenvalue weighted by Gasteiger charge is -2.29. The van der Waals surface area contributed by atoms with E-state index in [0.717, 1.165) is 25.8 Å². The molecule has 0 saturated carbocycles. The zero-order chi connectivity index (χ0) is 17.3. The Morgan fingerprint density at radius 3 is 2.48 bits per heavy atom. The molecule has 23 heavy (non-hydrogen) atoms. The summed E-state index contributed by atoms with van der Waals surface area (Å²) < 4.78 is 5.32. The van der Waals surface area contributed by atoms with E-state index in [4.69, 9.17) is 4.74 Å². The van der Waals surface area contributed by atoms with Gasteiger partial charge in [0.2, 0.25) is 0 Å². The SMILES string of the molecule is CCCCC(CNC(=O)OC(C)(C)C)N(C)Cc1ccccc1. The van der Waals surface area contributed by atoms with Crippen LogP contribution in [0, 0.1) is 0 Å². The number of unbranched alkanes of at least 4 members (excludes halogenated alkanes) is 1. The van der Waals surface area contributed by atoms with Gasteiger partial charge in [0.15, 0.2) is 0 Å². The molecule has 1 unspecified atom stereocenters. The molecule has 1 N–H and O–H groups in total. The predicted molar refractivity (Wildman–Crippen MR) is 95.5 cm³/mol. The zero-order valence-electron chi connectivity index (χ0n) is 15.3. The van der Waals surface area contributed by atoms with Crippen LogP contribution in [-0.2, 0) is 11.3 Å². The Kier molecular flexibility index (Phi) is 8.10. The van der Waals surface area contributed by atoms with Gasteiger partial charge in [-0.1, -0.05) is 50.1 Å². The predicted octanol–water partition coefficient (Wildman–Crippen LogP) is 4.20. The number of carbonyl (C=O) groups excluding carboxylic acids is 1. The van der Waals surface area contributed by atoms with E-state index in [1.54, 1.807) is 0 Å². The van der Waals surface area contributed by atoms with E-state index >= 15 is 0 Å². The van der Waals surface area contributed by atoms with Crippen LogP contribution in [0.4, 0.5) is 4.79 Å². The highest BCUT2D eigenvalue weighted by atomic mass is 16.6. The van der Waals surface area contributed by atoms with Gasteiger partial charge in [0.1, 0.15) is 5.60 Å². The van der Waals surface area contributed by atoms with Crippen molar-refractivity contribution in [3.05, 3.63) is 35.9 Å². The average Bonchev–Trinajstić information content (AvgIpc) is 2.46. The monoisotopic (exact) mass is 320 g/mol. The molecule has 4 nitrogen and oxygen atoms in total. The van der Waals surface area contributed by atoms with E-state index in [1.807, 2.05) is 26.8 Å². The van der Waals surface area contributed by atoms with Crippen molar-refractivity contribution < 1.29 is 9.53 Å². The molecule has 1 aromatic rings. The molecule has 0 aliphatic rings. The van der Waals surface area contributed by atoms with Crippen molar-refractivity contribution in [1.29, 1.82) is 0 Å². The molecule has 0 spiro atoms. The summed E-state index contributed by atoms with van der Waals surface area (Å²) in [4.78, 5) is 14.2. The van der Waals surface area contributed by atoms with Gasteiger partial charge in [-0.15, -0.1) is 0 Å². The van der Waals surface area contributed by atoms with Crippen LogP contribution in [0.2, 0.25) is 0 Å². The summed E-state index contributed by atoms with van der Waals surface area (Å²) in [5, 5.41) is 2.91. The van der Waals surface area contributed by atoms with Crippen molar-refractivity contribution in [2.24, 2.45) is 0 Å². The summed E-state index contributed by atoms with van der Waals surface area (Å²) >= 11 is 0. The highest BCUT2D eigenvalue weighted by Crippen LogP contribution is 2.12. The molecule has 4 heteroatoms. The van der Waals surface area contributed by atoms with Crippen molar-refractivity contribution in [2.45, 2.75) is 65.1 Å². The van der Waals surface area contributed by atoms with Crippen molar-refractivity contribution in [3.8, 4) is 0 Å². The summed E-state index contributed by atoms with van der Waals surface area (Å²) in [6.07, 6.45) is 3.03. The molecule has 0 aromatic heterocycles. The van der Waals surface area contributed by atoms with Crippen LogP contribution < -0.4 is 5.32 Å². The highest BCUT2D eigenvalue weighted by molar-refractivity contribution is 5.67. The molecule has 1 amide bonds. The van der Waals surface area contributed by atoms with Crippen LogP contribution in [0.25, 0.3) is 0 Å². The number of ether oxygens (including phenoxy) is 1. The molecule has 0 fully saturated rings. The molecular weight excluding hydrogens is 288 g/mol. The fraction of sp³-hybridized carbons (Fsp3) is 0.632. The second kappa shape index (κ2) is 9.56. The first-order valence-electron chi connectivity index (χ1n) is 8.53. The molecule has 0 saturated heterocycles. The first kappa shape index (κ1) is 19.5. The van der Waals surface area contributed by atoms with E-state index in [1.165, 1.54) is 5.56 Å². The zero-order valence-corrected chi connectivity index (χ0v) is 15.3. The minimum absolute atomic E-state index is 0.308. The van der Waals surface area contributed by atoms with Crippen LogP contribution in [-0.4, -0.2) is 36.2 Å². The second-order valence-electron chi connectivity index (χ2n) is 7.08. The van der Waals surface area contributed by atoms with E-state index in [2.05, 4.69) is 48.5 Å². The molecule has 0 bridgehead atoms. The van der Waals surface area contributed by atoms with Gasteiger partial charge in [-0.2, -0.15) is 0 Å². The maximum Gasteiger partial charge on any atom is 0.407 e. The minimum atomic E-state index is -0.459. The van der Waals surface area contributed by atoms with Crippen LogP contribution in [0.3, 0.4) is 0 Å². The fourth-order valence-corrected chi connectivity index (χ4v) is 2.43. The van der Waals surface area contributed by atoms with Crippen molar-refractivity contribution in [2.75, 3.05) is 13.6 Å². The third-order valence-corrected chi connectivity index (χ3v) is 3.67. The summed E-state index contributed by atoms with van der Waals surface area (Å²) in [7, 11) is 2.12. The molecule has 0 radical (unpaired) electrons. The highest BCUT2D eigenvalue weighted by Gasteiger charge is 2.19. The van der Waals surface area contributed by atoms with E-state index in [0.29, 0.717) is 12.6 Å². The number of carbonyl (C=O) groups is 1. The smallest absolute Gasteiger partial charge is 0.407 e. The Hall–Kier alpha value is -1.55. The van der Waals surface area contributed by atoms with Gasteiger partial charge in [-0.05, 0) is 39.8 Å². The number of rotatable bonds is 8. The van der Waals surface area contributed by atoms with Crippen molar-refractivity contribution >= 4 is 6.09 Å². The normalized spacial score (nSPS) is 13.0. The van der Waals surface area contributed by atoms with Gasteiger partial charge < -0.3 is 10.1 Å². The van der Waals surface area contributed by atoms with E-state index < -0.39 is 5.60 Å². The first-order chi connectivity index (χ1) is 10.8. The number of benzene rings is 1. The molecule has 1 atom stereocenters. The van der Waals surface area contributed by atoms with Crippen molar-refractivity contribution in [3.63, 3.8) is 0 Å². The molecule has 0 aliphatic heterocycles. The van der Waals surface area contributed by atoms with Gasteiger partial charge in [0.25, 0.3) is 0 Å². The molecule has 0 aliphatic carbocycles. The summed E-state index contributed by atoms with van der Waals surface area (Å²) in [6.45, 7) is 9.31. The van der Waals surface area contributed by atoms with Gasteiger partial charge >= 0.3 is 6.09 Å². The topological polar surface area (TPSA) is 41.6 Å². The quantitative estimate of drug-likeness (QED) is 0.780. The lowest BCUT2D eigenvalue weighted by Crippen LogP contribution is -2.43. The molecular formula is C19H32N2O2. The number of amides is 1. The number of hydrogen-bond donors (Lipinski definition) is 1. The second-order valence-corrected chi connectivity index (χ2v) is 7.08. The fourth-order valence-electron chi connectivity index (χ4n) is 2.43. The van der Waals surface area contributed by atoms with Crippen LogP contribution in [0.5, 0.6) is 0 Å². The lowest BCUT2D eigenvalue weighted by molar-refractivity contribution is 0.0508. The Morgan fingerprint density at radius 2 is 1.91 bits per heavy atom. The lowest BCUT2D eigenvalue weighted by atomic mass is 10.1. The Labute approximate surface area is 141 Å². The van der Waals surface area contributed by atoms with Gasteiger partial charge in [0, 0.05) is 19.1 Å². The number of nitrogens with zero attached hydrogens (tertiary/aromatic N) is 1. The molecule has 130 valence electrons. The molecule has 1 aromatic carbocycles. The van der Waals surface area contributed by atoms with Crippen molar-refractivity contribution in [1.82, 2.24) is 10.2 Å². The first-order valence-corrected chi connectivity index (χ1v) is 8.53. The summed E-state index contributed by atoms with van der Waals surface area (Å²) in [5.41, 5.74) is 0.827. The number of alkyl carbamates (subject to hydrolysis) is 1. The van der Waals surface area contributed by atoms with E-state index in [-0.39, 0.29) is 6.09 Å². The number of nitrogens with one attached hydrogen (secondary N) is 1. The Morgan fingerprint density at radius 1 is 1.26 bits per heavy atom. The third-order valence-electron chi connectivity index (χ3n) is 3.67. The Balaban J connectivity index is 2.55. The number of likely N-dealkylation sites (N-methyl/N-ethyl adjacent to an activating group) is 1. The van der Waals surface area contributed by atoms with Gasteiger partial charge in [-0.25, -0.2) is 4.79 Å². The summed E-state index contributed by atoms with van der Waals surface area (Å²) in [5.74, 6) is 0. The molecule has 1 rings (SSSR count). The maximum atomic E-state index is 11.9. The maximum absolute atomic E-state index is 11.9. The minimum Gasteiger partial charge on any atom is -0.444 e. The van der Waals surface area contributed by atoms with Crippen LogP contribution in [0.1, 0.15) is 52.5 Å². The van der Waals surface area contributed by atoms with Gasteiger partial charge in [0.05, 0.1) is 0 Å². The molecule has 0 heterocycles. The standard InChI is InChI=1S/C19H32N2O2/c1-6-7-13-17(14-20-18(22)23-19(2,3)4)21(5)15-16-11-9-8-10-12-16/h8-12,17H,6-7,13-15H2,1-5H3,(H,20,22). The number of hydrogen-bond acceptors (Lipinski definition) is 3. The average molecular weight is 320 g/mol. The van der Waals surface area contributed by atoms with Gasteiger partial charge in [-0.3, -0.25) is 4.90 Å². The Bertz CT molecular complexity index is 454.